The van der Waals surface area contributed by atoms with Crippen molar-refractivity contribution >= 4 is 71.6 Å². The lowest BCUT2D eigenvalue weighted by Gasteiger charge is -2.28. The van der Waals surface area contributed by atoms with E-state index < -0.39 is 0 Å². The van der Waals surface area contributed by atoms with Gasteiger partial charge < -0.3 is 13.9 Å². The topological polar surface area (TPSA) is 21.3 Å². The summed E-state index contributed by atoms with van der Waals surface area (Å²) >= 11 is 0. The second-order valence-electron chi connectivity index (χ2n) is 15.7. The molecule has 10 aromatic carbocycles. The molecule has 12 rings (SSSR count). The van der Waals surface area contributed by atoms with Crippen molar-refractivity contribution in [3.05, 3.63) is 231 Å². The van der Waals surface area contributed by atoms with Crippen LogP contribution < -0.4 is 4.90 Å². The van der Waals surface area contributed by atoms with Crippen molar-refractivity contribution in [3.63, 3.8) is 0 Å². The minimum atomic E-state index is 0.881. The fourth-order valence-electron chi connectivity index (χ4n) is 9.42. The third kappa shape index (κ3) is 5.82. The van der Waals surface area contributed by atoms with Gasteiger partial charge in [0.2, 0.25) is 0 Å². The minimum absolute atomic E-state index is 0.881. The van der Waals surface area contributed by atoms with Crippen LogP contribution in [0.25, 0.3) is 93.6 Å². The fraction of sp³-hybridized carbons (Fsp3) is 0. The highest BCUT2D eigenvalue weighted by Crippen LogP contribution is 2.46. The molecule has 0 amide bonds. The lowest BCUT2D eigenvalue weighted by Crippen LogP contribution is -2.11. The Morgan fingerprint density at radius 3 is 1.69 bits per heavy atom. The van der Waals surface area contributed by atoms with Gasteiger partial charge in [-0.1, -0.05) is 164 Å². The number of nitrogens with zero attached hydrogens (tertiary/aromatic N) is 2. The molecule has 0 aliphatic carbocycles. The number of hydrogen-bond donors (Lipinski definition) is 0. The molecule has 0 radical (unpaired) electrons. The standard InChI is InChI=1S/C58H38N2O/c1-2-18-46-41(14-1)15-12-23-47(46)42-16-11-17-45(38-42)59(53-25-7-5-21-50(53)51-24-13-29-57-58(51)52-22-6-10-28-56(52)61-57)43-34-30-39(31-35-43)40-32-36-44(37-33-40)60-54-26-8-3-19-48(54)49-20-4-9-27-55(49)60/h1-38H. The van der Waals surface area contributed by atoms with Crippen LogP contribution in [0, 0.1) is 0 Å². The highest BCUT2D eigenvalue weighted by Gasteiger charge is 2.21. The first-order valence-corrected chi connectivity index (χ1v) is 20.8. The van der Waals surface area contributed by atoms with Crippen molar-refractivity contribution in [2.24, 2.45) is 0 Å². The van der Waals surface area contributed by atoms with Gasteiger partial charge in [0, 0.05) is 44.2 Å². The van der Waals surface area contributed by atoms with Crippen LogP contribution in [0.2, 0.25) is 0 Å². The first-order chi connectivity index (χ1) is 30.3. The predicted molar refractivity (Wildman–Crippen MR) is 257 cm³/mol. The zero-order valence-electron chi connectivity index (χ0n) is 33.2. The smallest absolute Gasteiger partial charge is 0.136 e. The Bertz CT molecular complexity index is 3530. The molecule has 3 heteroatoms. The number of anilines is 3. The molecule has 0 bridgehead atoms. The molecule has 0 fully saturated rings. The molecule has 0 aliphatic heterocycles. The van der Waals surface area contributed by atoms with Crippen LogP contribution in [0.5, 0.6) is 0 Å². The first kappa shape index (κ1) is 34.9. The summed E-state index contributed by atoms with van der Waals surface area (Å²) in [6.07, 6.45) is 0. The van der Waals surface area contributed by atoms with Crippen LogP contribution in [-0.4, -0.2) is 4.57 Å². The molecule has 3 nitrogen and oxygen atoms in total. The summed E-state index contributed by atoms with van der Waals surface area (Å²) in [4.78, 5) is 2.40. The van der Waals surface area contributed by atoms with E-state index in [1.165, 1.54) is 49.3 Å². The number of fused-ring (bicyclic) bond motifs is 7. The highest BCUT2D eigenvalue weighted by atomic mass is 16.3. The van der Waals surface area contributed by atoms with Crippen molar-refractivity contribution in [2.45, 2.75) is 0 Å². The maximum absolute atomic E-state index is 6.39. The average molecular weight is 779 g/mol. The van der Waals surface area contributed by atoms with E-state index in [4.69, 9.17) is 4.42 Å². The lowest BCUT2D eigenvalue weighted by atomic mass is 9.95. The first-order valence-electron chi connectivity index (χ1n) is 20.8. The van der Waals surface area contributed by atoms with Crippen molar-refractivity contribution in [1.82, 2.24) is 4.57 Å². The second kappa shape index (κ2) is 14.3. The SMILES string of the molecule is c1cc(-c2cccc3ccccc23)cc(N(c2ccc(-c3ccc(-n4c5ccccc5c5ccccc54)cc3)cc2)c2ccccc2-c2cccc3oc4ccccc4c23)c1. The summed E-state index contributed by atoms with van der Waals surface area (Å²) < 4.78 is 8.76. The van der Waals surface area contributed by atoms with Crippen molar-refractivity contribution in [3.8, 4) is 39.1 Å². The molecule has 0 saturated carbocycles. The maximum Gasteiger partial charge on any atom is 0.136 e. The maximum atomic E-state index is 6.39. The zero-order valence-corrected chi connectivity index (χ0v) is 33.2. The van der Waals surface area contributed by atoms with E-state index in [9.17, 15) is 0 Å². The molecule has 0 atom stereocenters. The quantitative estimate of drug-likeness (QED) is 0.161. The van der Waals surface area contributed by atoms with Crippen LogP contribution in [-0.2, 0) is 0 Å². The van der Waals surface area contributed by atoms with Crippen molar-refractivity contribution < 1.29 is 4.42 Å². The van der Waals surface area contributed by atoms with E-state index in [0.717, 1.165) is 61.4 Å². The molecule has 0 spiro atoms. The van der Waals surface area contributed by atoms with Crippen LogP contribution >= 0.6 is 0 Å². The highest BCUT2D eigenvalue weighted by molar-refractivity contribution is 6.14. The molecular formula is C58H38N2O. The Morgan fingerprint density at radius 1 is 0.344 bits per heavy atom. The van der Waals surface area contributed by atoms with Gasteiger partial charge in [0.15, 0.2) is 0 Å². The Labute approximate surface area is 353 Å². The zero-order chi connectivity index (χ0) is 40.3. The third-order valence-corrected chi connectivity index (χ3v) is 12.2. The Balaban J connectivity index is 0.989. The molecule has 61 heavy (non-hydrogen) atoms. The van der Waals surface area contributed by atoms with Gasteiger partial charge >= 0.3 is 0 Å². The van der Waals surface area contributed by atoms with Gasteiger partial charge in [-0.05, 0) is 105 Å². The average Bonchev–Trinajstić information content (AvgIpc) is 3.88. The minimum Gasteiger partial charge on any atom is -0.456 e. The third-order valence-electron chi connectivity index (χ3n) is 12.2. The van der Waals surface area contributed by atoms with Crippen LogP contribution in [0.3, 0.4) is 0 Å². The van der Waals surface area contributed by atoms with E-state index in [1.54, 1.807) is 0 Å². The summed E-state index contributed by atoms with van der Waals surface area (Å²) in [5, 5.41) is 7.23. The molecule has 2 aromatic heterocycles. The van der Waals surface area contributed by atoms with Gasteiger partial charge in [0.1, 0.15) is 11.2 Å². The van der Waals surface area contributed by atoms with Crippen molar-refractivity contribution in [2.75, 3.05) is 4.90 Å². The summed E-state index contributed by atoms with van der Waals surface area (Å²) in [5.41, 5.74) is 15.5. The van der Waals surface area contributed by atoms with E-state index in [1.807, 2.05) is 6.07 Å². The fourth-order valence-corrected chi connectivity index (χ4v) is 9.42. The monoisotopic (exact) mass is 778 g/mol. The second-order valence-corrected chi connectivity index (χ2v) is 15.7. The Kier molecular flexibility index (Phi) is 8.17. The van der Waals surface area contributed by atoms with Gasteiger partial charge in [-0.3, -0.25) is 0 Å². The molecule has 0 unspecified atom stereocenters. The van der Waals surface area contributed by atoms with Gasteiger partial charge in [0.25, 0.3) is 0 Å². The molecule has 0 aliphatic rings. The van der Waals surface area contributed by atoms with E-state index in [2.05, 4.69) is 234 Å². The predicted octanol–water partition coefficient (Wildman–Crippen LogP) is 16.3. The van der Waals surface area contributed by atoms with Crippen molar-refractivity contribution in [1.29, 1.82) is 0 Å². The van der Waals surface area contributed by atoms with E-state index >= 15 is 0 Å². The number of para-hydroxylation sites is 4. The molecular weight excluding hydrogens is 741 g/mol. The number of hydrogen-bond acceptors (Lipinski definition) is 2. The number of rotatable bonds is 7. The Hall–Kier alpha value is -8.14. The Morgan fingerprint density at radius 2 is 0.902 bits per heavy atom. The molecule has 0 N–H and O–H groups in total. The molecule has 0 saturated heterocycles. The number of furan rings is 1. The number of benzene rings is 10. The summed E-state index contributed by atoms with van der Waals surface area (Å²) in [6, 6.07) is 82.9. The van der Waals surface area contributed by atoms with E-state index in [0.29, 0.717) is 0 Å². The normalized spacial score (nSPS) is 11.6. The summed E-state index contributed by atoms with van der Waals surface area (Å²) in [5.74, 6) is 0. The van der Waals surface area contributed by atoms with Gasteiger partial charge in [-0.25, -0.2) is 0 Å². The van der Waals surface area contributed by atoms with Gasteiger partial charge in [-0.15, -0.1) is 0 Å². The van der Waals surface area contributed by atoms with Gasteiger partial charge in [0.05, 0.1) is 16.7 Å². The van der Waals surface area contributed by atoms with Crippen LogP contribution in [0.1, 0.15) is 0 Å². The molecule has 2 heterocycles. The van der Waals surface area contributed by atoms with Crippen LogP contribution in [0.15, 0.2) is 235 Å². The number of aromatic nitrogens is 1. The summed E-state index contributed by atoms with van der Waals surface area (Å²) in [7, 11) is 0. The van der Waals surface area contributed by atoms with Crippen LogP contribution in [0.4, 0.5) is 17.1 Å². The molecule has 12 aromatic rings. The lowest BCUT2D eigenvalue weighted by molar-refractivity contribution is 0.669. The summed E-state index contributed by atoms with van der Waals surface area (Å²) in [6.45, 7) is 0. The largest absolute Gasteiger partial charge is 0.456 e. The van der Waals surface area contributed by atoms with E-state index in [-0.39, 0.29) is 0 Å². The van der Waals surface area contributed by atoms with Gasteiger partial charge in [-0.2, -0.15) is 0 Å². The molecule has 286 valence electrons.